The fourth-order valence-electron chi connectivity index (χ4n) is 1.68. The van der Waals surface area contributed by atoms with E-state index in [1.807, 2.05) is 0 Å². The lowest BCUT2D eigenvalue weighted by molar-refractivity contribution is -0.178. The summed E-state index contributed by atoms with van der Waals surface area (Å²) in [7, 11) is 0. The monoisotopic (exact) mass is 212 g/mol. The van der Waals surface area contributed by atoms with E-state index < -0.39 is 11.6 Å². The molecule has 0 aromatic rings. The number of carbonyl (C=O) groups is 2. The summed E-state index contributed by atoms with van der Waals surface area (Å²) >= 11 is 0. The Bertz CT molecular complexity index is 308. The average molecular weight is 212 g/mol. The average Bonchev–Trinajstić information content (AvgIpc) is 1.99. The number of rotatable bonds is 2. The number of carbonyl (C=O) groups excluding carboxylic acids is 2. The molecular weight excluding hydrogens is 196 g/mol. The van der Waals surface area contributed by atoms with Crippen molar-refractivity contribution < 1.29 is 19.1 Å². The van der Waals surface area contributed by atoms with E-state index >= 15 is 0 Å². The van der Waals surface area contributed by atoms with E-state index in [1.165, 1.54) is 0 Å². The Morgan fingerprint density at radius 1 is 1.67 bits per heavy atom. The first-order valence-corrected chi connectivity index (χ1v) is 4.91. The number of hydrogen-bond acceptors (Lipinski definition) is 4. The van der Waals surface area contributed by atoms with Crippen LogP contribution in [0.2, 0.25) is 0 Å². The van der Waals surface area contributed by atoms with Gasteiger partial charge < -0.3 is 9.47 Å². The molecule has 0 amide bonds. The summed E-state index contributed by atoms with van der Waals surface area (Å²) in [6, 6.07) is 0. The molecule has 1 heterocycles. The summed E-state index contributed by atoms with van der Waals surface area (Å²) in [6.07, 6.45) is 0.419. The molecule has 0 aromatic carbocycles. The van der Waals surface area contributed by atoms with Gasteiger partial charge in [0.2, 0.25) is 0 Å². The van der Waals surface area contributed by atoms with Crippen molar-refractivity contribution in [2.24, 2.45) is 0 Å². The SMILES string of the molecule is C=C(C)C(=O)OC1(C)CC(=O)OC(C)C1. The second kappa shape index (κ2) is 4.04. The number of ether oxygens (including phenoxy) is 2. The minimum Gasteiger partial charge on any atom is -0.462 e. The van der Waals surface area contributed by atoms with E-state index in [0.717, 1.165) is 0 Å². The van der Waals surface area contributed by atoms with Gasteiger partial charge in [-0.3, -0.25) is 4.79 Å². The molecule has 2 unspecified atom stereocenters. The molecule has 1 rings (SSSR count). The van der Waals surface area contributed by atoms with Crippen molar-refractivity contribution in [1.82, 2.24) is 0 Å². The Hall–Kier alpha value is -1.32. The normalized spacial score (nSPS) is 30.6. The van der Waals surface area contributed by atoms with Crippen molar-refractivity contribution in [1.29, 1.82) is 0 Å². The molecule has 0 N–H and O–H groups in total. The molecule has 1 saturated heterocycles. The van der Waals surface area contributed by atoms with E-state index in [4.69, 9.17) is 9.47 Å². The topological polar surface area (TPSA) is 52.6 Å². The smallest absolute Gasteiger partial charge is 0.333 e. The predicted octanol–water partition coefficient (Wildman–Crippen LogP) is 1.59. The maximum atomic E-state index is 11.4. The van der Waals surface area contributed by atoms with Gasteiger partial charge in [-0.1, -0.05) is 6.58 Å². The van der Waals surface area contributed by atoms with Crippen LogP contribution in [0.15, 0.2) is 12.2 Å². The molecule has 4 heteroatoms. The molecule has 0 radical (unpaired) electrons. The van der Waals surface area contributed by atoms with Crippen molar-refractivity contribution in [3.8, 4) is 0 Å². The van der Waals surface area contributed by atoms with Crippen LogP contribution in [0.5, 0.6) is 0 Å². The molecule has 15 heavy (non-hydrogen) atoms. The second-order valence-corrected chi connectivity index (χ2v) is 4.30. The maximum Gasteiger partial charge on any atom is 0.333 e. The lowest BCUT2D eigenvalue weighted by atomic mass is 9.92. The third kappa shape index (κ3) is 3.08. The predicted molar refractivity (Wildman–Crippen MR) is 54.1 cm³/mol. The first kappa shape index (κ1) is 11.8. The van der Waals surface area contributed by atoms with Gasteiger partial charge in [0.25, 0.3) is 0 Å². The van der Waals surface area contributed by atoms with E-state index in [0.29, 0.717) is 12.0 Å². The third-order valence-electron chi connectivity index (χ3n) is 2.26. The molecule has 0 bridgehead atoms. The van der Waals surface area contributed by atoms with Crippen LogP contribution in [-0.2, 0) is 19.1 Å². The molecular formula is C11H16O4. The molecule has 0 saturated carbocycles. The Morgan fingerprint density at radius 2 is 2.27 bits per heavy atom. The molecule has 1 fully saturated rings. The zero-order valence-corrected chi connectivity index (χ0v) is 9.33. The lowest BCUT2D eigenvalue weighted by Crippen LogP contribution is -2.43. The van der Waals surface area contributed by atoms with Crippen LogP contribution in [-0.4, -0.2) is 23.6 Å². The molecule has 1 aliphatic heterocycles. The lowest BCUT2D eigenvalue weighted by Gasteiger charge is -2.35. The molecule has 1 aliphatic rings. The van der Waals surface area contributed by atoms with Crippen LogP contribution >= 0.6 is 0 Å². The summed E-state index contributed by atoms with van der Waals surface area (Å²) in [4.78, 5) is 22.6. The van der Waals surface area contributed by atoms with E-state index in [2.05, 4.69) is 6.58 Å². The highest BCUT2D eigenvalue weighted by atomic mass is 16.6. The largest absolute Gasteiger partial charge is 0.462 e. The Balaban J connectivity index is 2.69. The zero-order chi connectivity index (χ0) is 11.6. The van der Waals surface area contributed by atoms with Gasteiger partial charge in [0.15, 0.2) is 0 Å². The Morgan fingerprint density at radius 3 is 2.73 bits per heavy atom. The molecule has 4 nitrogen and oxygen atoms in total. The summed E-state index contributed by atoms with van der Waals surface area (Å²) in [5, 5.41) is 0. The Labute approximate surface area is 89.2 Å². The summed E-state index contributed by atoms with van der Waals surface area (Å²) in [6.45, 7) is 8.60. The van der Waals surface area contributed by atoms with Gasteiger partial charge in [0, 0.05) is 12.0 Å². The minimum absolute atomic E-state index is 0.108. The van der Waals surface area contributed by atoms with Gasteiger partial charge in [0.1, 0.15) is 11.7 Å². The Kier molecular flexibility index (Phi) is 3.17. The zero-order valence-electron chi connectivity index (χ0n) is 9.33. The van der Waals surface area contributed by atoms with Crippen LogP contribution in [0.4, 0.5) is 0 Å². The van der Waals surface area contributed by atoms with Crippen LogP contribution < -0.4 is 0 Å². The van der Waals surface area contributed by atoms with E-state index in [9.17, 15) is 9.59 Å². The quantitative estimate of drug-likeness (QED) is 0.515. The summed E-state index contributed by atoms with van der Waals surface area (Å²) in [5.41, 5.74) is -0.423. The van der Waals surface area contributed by atoms with Gasteiger partial charge in [-0.25, -0.2) is 4.79 Å². The molecule has 0 spiro atoms. The van der Waals surface area contributed by atoms with Crippen LogP contribution in [0.3, 0.4) is 0 Å². The maximum absolute atomic E-state index is 11.4. The van der Waals surface area contributed by atoms with Crippen LogP contribution in [0.1, 0.15) is 33.6 Å². The first-order chi connectivity index (χ1) is 6.82. The van der Waals surface area contributed by atoms with Crippen molar-refractivity contribution in [3.63, 3.8) is 0 Å². The number of esters is 2. The first-order valence-electron chi connectivity index (χ1n) is 4.91. The van der Waals surface area contributed by atoms with E-state index in [1.54, 1.807) is 20.8 Å². The highest BCUT2D eigenvalue weighted by Gasteiger charge is 2.39. The van der Waals surface area contributed by atoms with Gasteiger partial charge in [-0.05, 0) is 20.8 Å². The van der Waals surface area contributed by atoms with Crippen LogP contribution in [0, 0.1) is 0 Å². The van der Waals surface area contributed by atoms with Gasteiger partial charge in [-0.15, -0.1) is 0 Å². The highest BCUT2D eigenvalue weighted by Crippen LogP contribution is 2.29. The molecule has 2 atom stereocenters. The molecule has 0 aromatic heterocycles. The molecule has 0 aliphatic carbocycles. The van der Waals surface area contributed by atoms with Gasteiger partial charge in [0.05, 0.1) is 6.42 Å². The van der Waals surface area contributed by atoms with E-state index in [-0.39, 0.29) is 18.5 Å². The fraction of sp³-hybridized carbons (Fsp3) is 0.636. The third-order valence-corrected chi connectivity index (χ3v) is 2.26. The van der Waals surface area contributed by atoms with Crippen molar-refractivity contribution in [2.45, 2.75) is 45.3 Å². The number of hydrogen-bond donors (Lipinski definition) is 0. The van der Waals surface area contributed by atoms with Crippen LogP contribution in [0.25, 0.3) is 0 Å². The molecule has 84 valence electrons. The highest BCUT2D eigenvalue weighted by molar-refractivity contribution is 5.87. The van der Waals surface area contributed by atoms with Crippen molar-refractivity contribution in [2.75, 3.05) is 0 Å². The number of cyclic esters (lactones) is 1. The summed E-state index contributed by atoms with van der Waals surface area (Å²) < 4.78 is 10.2. The summed E-state index contributed by atoms with van der Waals surface area (Å²) in [5.74, 6) is -0.787. The standard InChI is InChI=1S/C11H16O4/c1-7(2)10(13)15-11(4)5-8(3)14-9(12)6-11/h8H,1,5-6H2,2-4H3. The minimum atomic E-state index is -0.759. The second-order valence-electron chi connectivity index (χ2n) is 4.30. The van der Waals surface area contributed by atoms with Gasteiger partial charge >= 0.3 is 11.9 Å². The fourth-order valence-corrected chi connectivity index (χ4v) is 1.68. The van der Waals surface area contributed by atoms with Crippen molar-refractivity contribution in [3.05, 3.63) is 12.2 Å². The van der Waals surface area contributed by atoms with Gasteiger partial charge in [-0.2, -0.15) is 0 Å². The van der Waals surface area contributed by atoms with Crippen molar-refractivity contribution >= 4 is 11.9 Å².